The third-order valence-electron chi connectivity index (χ3n) is 4.76. The van der Waals surface area contributed by atoms with Gasteiger partial charge in [0.15, 0.2) is 17.3 Å². The molecule has 0 N–H and O–H groups in total. The summed E-state index contributed by atoms with van der Waals surface area (Å²) in [4.78, 5) is 15.0. The van der Waals surface area contributed by atoms with Gasteiger partial charge in [0.2, 0.25) is 6.79 Å². The molecule has 0 aromatic heterocycles. The van der Waals surface area contributed by atoms with Crippen LogP contribution in [0.5, 0.6) is 17.2 Å². The molecule has 0 saturated carbocycles. The summed E-state index contributed by atoms with van der Waals surface area (Å²) in [6.45, 7) is 2.81. The number of piperazine rings is 1. The monoisotopic (exact) mass is 388 g/mol. The zero-order valence-corrected chi connectivity index (χ0v) is 15.6. The predicted molar refractivity (Wildman–Crippen MR) is 101 cm³/mol. The Kier molecular flexibility index (Phi) is 5.48. The molecule has 6 nitrogen and oxygen atoms in total. The average molecular weight is 389 g/mol. The van der Waals surface area contributed by atoms with E-state index in [2.05, 4.69) is 4.90 Å². The third kappa shape index (κ3) is 4.35. The molecule has 1 atom stereocenters. The molecule has 2 aromatic carbocycles. The molecule has 142 valence electrons. The van der Waals surface area contributed by atoms with Crippen LogP contribution in [0, 0.1) is 0 Å². The third-order valence-corrected chi connectivity index (χ3v) is 5.07. The molecule has 1 saturated heterocycles. The van der Waals surface area contributed by atoms with E-state index < -0.39 is 0 Å². The molecule has 2 aliphatic rings. The van der Waals surface area contributed by atoms with Crippen LogP contribution in [-0.2, 0) is 11.3 Å². The molecule has 1 fully saturated rings. The highest BCUT2D eigenvalue weighted by Crippen LogP contribution is 2.33. The number of fused-ring (bicyclic) bond motifs is 1. The zero-order valence-electron chi connectivity index (χ0n) is 14.8. The highest BCUT2D eigenvalue weighted by atomic mass is 35.5. The second-order valence-corrected chi connectivity index (χ2v) is 7.09. The lowest BCUT2D eigenvalue weighted by atomic mass is 10.1. The summed E-state index contributed by atoms with van der Waals surface area (Å²) in [6.07, 6.45) is 0. The van der Waals surface area contributed by atoms with Gasteiger partial charge in [0.1, 0.15) is 12.4 Å². The zero-order chi connectivity index (χ0) is 18.6. The van der Waals surface area contributed by atoms with Crippen LogP contribution in [0.2, 0.25) is 0 Å². The number of ketones is 1. The summed E-state index contributed by atoms with van der Waals surface area (Å²) in [5.74, 6) is 2.21. The maximum atomic E-state index is 12.8. The summed E-state index contributed by atoms with van der Waals surface area (Å²) < 4.78 is 18.1. The maximum absolute atomic E-state index is 12.8. The second kappa shape index (κ2) is 8.17. The van der Waals surface area contributed by atoms with Crippen LogP contribution < -0.4 is 14.2 Å². The van der Waals surface area contributed by atoms with E-state index in [1.54, 1.807) is 4.42 Å². The van der Waals surface area contributed by atoms with Gasteiger partial charge in [0.05, 0.1) is 6.04 Å². The van der Waals surface area contributed by atoms with Gasteiger partial charge in [-0.2, -0.15) is 0 Å². The van der Waals surface area contributed by atoms with Crippen LogP contribution in [0.3, 0.4) is 0 Å². The highest BCUT2D eigenvalue weighted by molar-refractivity contribution is 6.13. The fourth-order valence-corrected chi connectivity index (χ4v) is 3.53. The lowest BCUT2D eigenvalue weighted by Crippen LogP contribution is -2.54. The van der Waals surface area contributed by atoms with Crippen molar-refractivity contribution in [1.82, 2.24) is 9.32 Å². The van der Waals surface area contributed by atoms with Crippen LogP contribution in [0.25, 0.3) is 0 Å². The van der Waals surface area contributed by atoms with Gasteiger partial charge in [-0.15, -0.1) is 0 Å². The van der Waals surface area contributed by atoms with E-state index in [4.69, 9.17) is 26.0 Å². The Bertz CT molecular complexity index is 802. The van der Waals surface area contributed by atoms with Crippen molar-refractivity contribution < 1.29 is 19.0 Å². The first-order valence-corrected chi connectivity index (χ1v) is 9.27. The van der Waals surface area contributed by atoms with E-state index >= 15 is 0 Å². The van der Waals surface area contributed by atoms with E-state index in [0.29, 0.717) is 31.9 Å². The Morgan fingerprint density at radius 3 is 2.78 bits per heavy atom. The highest BCUT2D eigenvalue weighted by Gasteiger charge is 2.32. The molecule has 2 heterocycles. The molecule has 0 spiro atoms. The minimum absolute atomic E-state index is 0.0185. The van der Waals surface area contributed by atoms with E-state index in [0.717, 1.165) is 17.1 Å². The van der Waals surface area contributed by atoms with Crippen molar-refractivity contribution in [2.45, 2.75) is 12.6 Å². The number of rotatable bonds is 6. The van der Waals surface area contributed by atoms with Crippen molar-refractivity contribution in [2.75, 3.05) is 33.0 Å². The Labute approximate surface area is 163 Å². The standard InChI is InChI=1S/C20H21ClN2O4/c21-23-9-8-22(11-15-6-7-19-20(10-15)27-14-26-19)17(12-23)18(24)13-25-16-4-2-1-3-5-16/h1-7,10,17H,8-9,11-14H2. The van der Waals surface area contributed by atoms with Crippen LogP contribution in [0.1, 0.15) is 5.56 Å². The van der Waals surface area contributed by atoms with Crippen molar-refractivity contribution in [3.05, 3.63) is 54.1 Å². The Hall–Kier alpha value is -2.28. The van der Waals surface area contributed by atoms with Crippen molar-refractivity contribution in [3.63, 3.8) is 0 Å². The number of hydrogen-bond donors (Lipinski definition) is 0. The van der Waals surface area contributed by atoms with E-state index in [-0.39, 0.29) is 25.2 Å². The molecule has 1 unspecified atom stereocenters. The molecule has 0 radical (unpaired) electrons. The number of para-hydroxylation sites is 1. The smallest absolute Gasteiger partial charge is 0.231 e. The average Bonchev–Trinajstić information content (AvgIpc) is 3.16. The van der Waals surface area contributed by atoms with Gasteiger partial charge < -0.3 is 14.2 Å². The second-order valence-electron chi connectivity index (χ2n) is 6.61. The molecular weight excluding hydrogens is 368 g/mol. The van der Waals surface area contributed by atoms with Crippen LogP contribution in [0.4, 0.5) is 0 Å². The number of carbonyl (C=O) groups is 1. The number of ether oxygens (including phenoxy) is 3. The van der Waals surface area contributed by atoms with Crippen molar-refractivity contribution in [3.8, 4) is 17.2 Å². The van der Waals surface area contributed by atoms with Crippen LogP contribution in [0.15, 0.2) is 48.5 Å². The first-order valence-electron chi connectivity index (χ1n) is 8.93. The number of nitrogens with zero attached hydrogens (tertiary/aromatic N) is 2. The number of halogens is 1. The molecule has 27 heavy (non-hydrogen) atoms. The SMILES string of the molecule is O=C(COc1ccccc1)C1CN(Cl)CCN1Cc1ccc2c(c1)OCO2. The van der Waals surface area contributed by atoms with E-state index in [1.165, 1.54) is 0 Å². The first-order chi connectivity index (χ1) is 13.2. The number of benzene rings is 2. The fourth-order valence-electron chi connectivity index (χ4n) is 3.32. The largest absolute Gasteiger partial charge is 0.486 e. The molecular formula is C20H21ClN2O4. The summed E-state index contributed by atoms with van der Waals surface area (Å²) >= 11 is 6.19. The quantitative estimate of drug-likeness (QED) is 0.709. The van der Waals surface area contributed by atoms with E-state index in [1.807, 2.05) is 48.5 Å². The van der Waals surface area contributed by atoms with Gasteiger partial charge in [0.25, 0.3) is 0 Å². The summed E-state index contributed by atoms with van der Waals surface area (Å²) in [6, 6.07) is 14.9. The molecule has 7 heteroatoms. The normalized spacial score (nSPS) is 19.8. The van der Waals surface area contributed by atoms with Gasteiger partial charge >= 0.3 is 0 Å². The number of hydrogen-bond acceptors (Lipinski definition) is 6. The lowest BCUT2D eigenvalue weighted by molar-refractivity contribution is -0.128. The summed E-state index contributed by atoms with van der Waals surface area (Å²) in [5, 5.41) is 0. The maximum Gasteiger partial charge on any atom is 0.231 e. The topological polar surface area (TPSA) is 51.2 Å². The van der Waals surface area contributed by atoms with Crippen LogP contribution >= 0.6 is 11.8 Å². The minimum atomic E-state index is -0.314. The van der Waals surface area contributed by atoms with E-state index in [9.17, 15) is 4.79 Å². The van der Waals surface area contributed by atoms with Gasteiger partial charge in [-0.1, -0.05) is 24.3 Å². The molecule has 0 aliphatic carbocycles. The van der Waals surface area contributed by atoms with Gasteiger partial charge in [-0.25, -0.2) is 4.42 Å². The molecule has 2 aromatic rings. The Morgan fingerprint density at radius 2 is 1.93 bits per heavy atom. The lowest BCUT2D eigenvalue weighted by Gasteiger charge is -2.37. The minimum Gasteiger partial charge on any atom is -0.486 e. The fraction of sp³-hybridized carbons (Fsp3) is 0.350. The number of Topliss-reactive ketones (excluding diaryl/α,β-unsaturated/α-hetero) is 1. The van der Waals surface area contributed by atoms with Gasteiger partial charge in [0, 0.05) is 26.2 Å². The number of carbonyl (C=O) groups excluding carboxylic acids is 1. The van der Waals surface area contributed by atoms with Crippen LogP contribution in [-0.4, -0.2) is 54.2 Å². The Balaban J connectivity index is 1.42. The summed E-state index contributed by atoms with van der Waals surface area (Å²) in [7, 11) is 0. The molecule has 4 rings (SSSR count). The molecule has 2 aliphatic heterocycles. The summed E-state index contributed by atoms with van der Waals surface area (Å²) in [5.41, 5.74) is 1.07. The predicted octanol–water partition coefficient (Wildman–Crippen LogP) is 2.70. The molecule has 0 amide bonds. The molecule has 0 bridgehead atoms. The first kappa shape index (κ1) is 18.1. The Morgan fingerprint density at radius 1 is 1.11 bits per heavy atom. The van der Waals surface area contributed by atoms with Crippen molar-refractivity contribution in [1.29, 1.82) is 0 Å². The van der Waals surface area contributed by atoms with Crippen molar-refractivity contribution >= 4 is 17.6 Å². The van der Waals surface area contributed by atoms with Crippen molar-refractivity contribution in [2.24, 2.45) is 0 Å². The van der Waals surface area contributed by atoms with Gasteiger partial charge in [-0.05, 0) is 41.6 Å². The van der Waals surface area contributed by atoms with Gasteiger partial charge in [-0.3, -0.25) is 9.69 Å².